The molecule has 3 N–H and O–H groups in total. The van der Waals surface area contributed by atoms with Crippen molar-refractivity contribution < 1.29 is 0 Å². The molecule has 0 aromatic heterocycles. The third kappa shape index (κ3) is 3.13. The van der Waals surface area contributed by atoms with Gasteiger partial charge in [-0.2, -0.15) is 0 Å². The Kier molecular flexibility index (Phi) is 4.11. The number of aryl methyl sites for hydroxylation is 2. The molecule has 1 rings (SSSR count). The van der Waals surface area contributed by atoms with E-state index < -0.39 is 0 Å². The molecule has 1 aromatic rings. The first-order valence-electron chi connectivity index (χ1n) is 5.13. The van der Waals surface area contributed by atoms with Crippen molar-refractivity contribution in [3.05, 3.63) is 34.9 Å². The molecule has 0 aliphatic rings. The zero-order valence-electron chi connectivity index (χ0n) is 9.30. The fourth-order valence-corrected chi connectivity index (χ4v) is 1.41. The van der Waals surface area contributed by atoms with Crippen molar-refractivity contribution in [1.29, 1.82) is 0 Å². The molecule has 0 radical (unpaired) electrons. The van der Waals surface area contributed by atoms with Crippen molar-refractivity contribution in [2.75, 3.05) is 6.54 Å². The number of nitrogens with two attached hydrogens (primary N) is 1. The molecule has 1 atom stereocenters. The summed E-state index contributed by atoms with van der Waals surface area (Å²) >= 11 is 0. The highest BCUT2D eigenvalue weighted by Crippen LogP contribution is 2.10. The molecule has 0 fully saturated rings. The Balaban J connectivity index is 2.59. The van der Waals surface area contributed by atoms with Crippen molar-refractivity contribution in [3.8, 4) is 0 Å². The average Bonchev–Trinajstić information content (AvgIpc) is 2.16. The van der Waals surface area contributed by atoms with Crippen LogP contribution in [-0.2, 0) is 6.54 Å². The third-order valence-electron chi connectivity index (χ3n) is 2.49. The van der Waals surface area contributed by atoms with Crippen LogP contribution in [0.4, 0.5) is 0 Å². The summed E-state index contributed by atoms with van der Waals surface area (Å²) in [4.78, 5) is 0. The molecule has 0 bridgehead atoms. The summed E-state index contributed by atoms with van der Waals surface area (Å²) in [7, 11) is 0. The Morgan fingerprint density at radius 1 is 1.36 bits per heavy atom. The van der Waals surface area contributed by atoms with Gasteiger partial charge in [0.25, 0.3) is 0 Å². The topological polar surface area (TPSA) is 38.0 Å². The van der Waals surface area contributed by atoms with Gasteiger partial charge < -0.3 is 11.1 Å². The normalized spacial score (nSPS) is 12.9. The van der Waals surface area contributed by atoms with Gasteiger partial charge in [-0.25, -0.2) is 0 Å². The van der Waals surface area contributed by atoms with Crippen LogP contribution in [0.1, 0.15) is 23.6 Å². The van der Waals surface area contributed by atoms with Gasteiger partial charge in [0.1, 0.15) is 0 Å². The van der Waals surface area contributed by atoms with Gasteiger partial charge in [-0.05, 0) is 31.9 Å². The minimum atomic E-state index is 0.385. The minimum Gasteiger partial charge on any atom is -0.329 e. The predicted octanol–water partition coefficient (Wildman–Crippen LogP) is 1.74. The highest BCUT2D eigenvalue weighted by Gasteiger charge is 2.01. The molecule has 1 aromatic carbocycles. The molecule has 0 spiro atoms. The van der Waals surface area contributed by atoms with Crippen LogP contribution in [0.5, 0.6) is 0 Å². The lowest BCUT2D eigenvalue weighted by Gasteiger charge is -2.13. The molecule has 0 heterocycles. The molecular weight excluding hydrogens is 172 g/mol. The molecule has 2 nitrogen and oxygen atoms in total. The summed E-state index contributed by atoms with van der Waals surface area (Å²) in [5.74, 6) is 0. The van der Waals surface area contributed by atoms with Crippen LogP contribution in [0, 0.1) is 13.8 Å². The molecular formula is C12H20N2. The largest absolute Gasteiger partial charge is 0.329 e. The first kappa shape index (κ1) is 11.2. The maximum Gasteiger partial charge on any atom is 0.0211 e. The summed E-state index contributed by atoms with van der Waals surface area (Å²) in [6.45, 7) is 7.96. The van der Waals surface area contributed by atoms with Crippen LogP contribution in [-0.4, -0.2) is 12.6 Å². The Morgan fingerprint density at radius 2 is 2.07 bits per heavy atom. The van der Waals surface area contributed by atoms with Crippen molar-refractivity contribution >= 4 is 0 Å². The zero-order valence-corrected chi connectivity index (χ0v) is 9.30. The van der Waals surface area contributed by atoms with E-state index >= 15 is 0 Å². The minimum absolute atomic E-state index is 0.385. The fraction of sp³-hybridized carbons (Fsp3) is 0.500. The summed E-state index contributed by atoms with van der Waals surface area (Å²) in [6, 6.07) is 6.93. The SMILES string of the molecule is Cc1ccc(CN[C@@H](C)CN)c(C)c1. The van der Waals surface area contributed by atoms with Crippen molar-refractivity contribution in [1.82, 2.24) is 5.32 Å². The van der Waals surface area contributed by atoms with Crippen molar-refractivity contribution in [3.63, 3.8) is 0 Å². The lowest BCUT2D eigenvalue weighted by atomic mass is 10.1. The highest BCUT2D eigenvalue weighted by atomic mass is 14.9. The zero-order chi connectivity index (χ0) is 10.6. The number of hydrogen-bond donors (Lipinski definition) is 2. The van der Waals surface area contributed by atoms with Gasteiger partial charge in [0, 0.05) is 19.1 Å². The summed E-state index contributed by atoms with van der Waals surface area (Å²) in [5, 5.41) is 3.38. The maximum atomic E-state index is 5.54. The Morgan fingerprint density at radius 3 is 2.64 bits per heavy atom. The second-order valence-electron chi connectivity index (χ2n) is 3.95. The smallest absolute Gasteiger partial charge is 0.0211 e. The van der Waals surface area contributed by atoms with E-state index in [2.05, 4.69) is 44.3 Å². The van der Waals surface area contributed by atoms with Crippen LogP contribution in [0.25, 0.3) is 0 Å². The summed E-state index contributed by atoms with van der Waals surface area (Å²) in [6.07, 6.45) is 0. The molecule has 14 heavy (non-hydrogen) atoms. The molecule has 0 saturated carbocycles. The Labute approximate surface area is 86.5 Å². The van der Waals surface area contributed by atoms with E-state index in [1.54, 1.807) is 0 Å². The van der Waals surface area contributed by atoms with E-state index in [4.69, 9.17) is 5.73 Å². The van der Waals surface area contributed by atoms with Gasteiger partial charge in [0.05, 0.1) is 0 Å². The third-order valence-corrected chi connectivity index (χ3v) is 2.49. The monoisotopic (exact) mass is 192 g/mol. The fourth-order valence-electron chi connectivity index (χ4n) is 1.41. The number of hydrogen-bond acceptors (Lipinski definition) is 2. The number of nitrogens with one attached hydrogen (secondary N) is 1. The van der Waals surface area contributed by atoms with E-state index in [0.717, 1.165) is 6.54 Å². The second-order valence-corrected chi connectivity index (χ2v) is 3.95. The van der Waals surface area contributed by atoms with Gasteiger partial charge >= 0.3 is 0 Å². The molecule has 0 saturated heterocycles. The van der Waals surface area contributed by atoms with E-state index in [1.165, 1.54) is 16.7 Å². The molecule has 0 aliphatic carbocycles. The lowest BCUT2D eigenvalue weighted by Crippen LogP contribution is -2.32. The second kappa shape index (κ2) is 5.13. The van der Waals surface area contributed by atoms with Crippen LogP contribution in [0.3, 0.4) is 0 Å². The lowest BCUT2D eigenvalue weighted by molar-refractivity contribution is 0.555. The quantitative estimate of drug-likeness (QED) is 0.762. The van der Waals surface area contributed by atoms with E-state index in [-0.39, 0.29) is 0 Å². The molecule has 0 aliphatic heterocycles. The summed E-state index contributed by atoms with van der Waals surface area (Å²) < 4.78 is 0. The number of rotatable bonds is 4. The standard InChI is InChI=1S/C12H20N2/c1-9-4-5-12(10(2)6-9)8-14-11(3)7-13/h4-6,11,14H,7-8,13H2,1-3H3/t11-/m0/s1. The Hall–Kier alpha value is -0.860. The van der Waals surface area contributed by atoms with Crippen molar-refractivity contribution in [2.45, 2.75) is 33.4 Å². The summed E-state index contributed by atoms with van der Waals surface area (Å²) in [5.41, 5.74) is 9.56. The molecule has 2 heteroatoms. The van der Waals surface area contributed by atoms with E-state index in [1.807, 2.05) is 0 Å². The van der Waals surface area contributed by atoms with Crippen LogP contribution >= 0.6 is 0 Å². The molecule has 0 amide bonds. The van der Waals surface area contributed by atoms with E-state index in [9.17, 15) is 0 Å². The van der Waals surface area contributed by atoms with Gasteiger partial charge in [0.2, 0.25) is 0 Å². The van der Waals surface area contributed by atoms with E-state index in [0.29, 0.717) is 12.6 Å². The first-order chi connectivity index (χ1) is 6.63. The molecule has 78 valence electrons. The van der Waals surface area contributed by atoms with Gasteiger partial charge in [0.15, 0.2) is 0 Å². The first-order valence-corrected chi connectivity index (χ1v) is 5.13. The van der Waals surface area contributed by atoms with Gasteiger partial charge in [-0.15, -0.1) is 0 Å². The van der Waals surface area contributed by atoms with Gasteiger partial charge in [-0.3, -0.25) is 0 Å². The Bertz CT molecular complexity index is 294. The van der Waals surface area contributed by atoms with Crippen LogP contribution < -0.4 is 11.1 Å². The van der Waals surface area contributed by atoms with Gasteiger partial charge in [-0.1, -0.05) is 23.8 Å². The maximum absolute atomic E-state index is 5.54. The highest BCUT2D eigenvalue weighted by molar-refractivity contribution is 5.30. The van der Waals surface area contributed by atoms with Crippen LogP contribution in [0.2, 0.25) is 0 Å². The average molecular weight is 192 g/mol. The van der Waals surface area contributed by atoms with Crippen molar-refractivity contribution in [2.24, 2.45) is 5.73 Å². The number of benzene rings is 1. The van der Waals surface area contributed by atoms with Crippen LogP contribution in [0.15, 0.2) is 18.2 Å². The predicted molar refractivity (Wildman–Crippen MR) is 61.3 cm³/mol. The molecule has 0 unspecified atom stereocenters.